The van der Waals surface area contributed by atoms with Crippen LogP contribution >= 0.6 is 0 Å². The van der Waals surface area contributed by atoms with Crippen LogP contribution in [0.4, 0.5) is 5.69 Å². The van der Waals surface area contributed by atoms with Crippen LogP contribution in [0.25, 0.3) is 0 Å². The number of fused-ring (bicyclic) bond motifs is 1. The number of aromatic amines is 1. The van der Waals surface area contributed by atoms with Crippen LogP contribution < -0.4 is 15.4 Å². The number of hydrogen-bond acceptors (Lipinski definition) is 4. The highest BCUT2D eigenvalue weighted by molar-refractivity contribution is 6.04. The van der Waals surface area contributed by atoms with Gasteiger partial charge in [0.1, 0.15) is 5.75 Å². The van der Waals surface area contributed by atoms with Crippen molar-refractivity contribution in [1.82, 2.24) is 15.5 Å². The van der Waals surface area contributed by atoms with Gasteiger partial charge in [-0.2, -0.15) is 5.10 Å². The van der Waals surface area contributed by atoms with Crippen LogP contribution in [0, 0.1) is 5.92 Å². The molecule has 1 saturated carbocycles. The molecule has 120 valence electrons. The van der Waals surface area contributed by atoms with E-state index in [0.29, 0.717) is 30.5 Å². The fourth-order valence-electron chi connectivity index (χ4n) is 2.78. The molecule has 1 amide bonds. The van der Waals surface area contributed by atoms with E-state index in [1.807, 2.05) is 24.3 Å². The average Bonchev–Trinajstić information content (AvgIpc) is 3.31. The van der Waals surface area contributed by atoms with Crippen LogP contribution in [0.2, 0.25) is 0 Å². The molecule has 4 rings (SSSR count). The van der Waals surface area contributed by atoms with Gasteiger partial charge < -0.3 is 15.4 Å². The maximum absolute atomic E-state index is 12.6. The van der Waals surface area contributed by atoms with Crippen LogP contribution in [-0.2, 0) is 13.0 Å². The highest BCUT2D eigenvalue weighted by Crippen LogP contribution is 2.32. The van der Waals surface area contributed by atoms with Crippen molar-refractivity contribution in [3.05, 3.63) is 41.2 Å². The topological polar surface area (TPSA) is 79.0 Å². The smallest absolute Gasteiger partial charge is 0.276 e. The van der Waals surface area contributed by atoms with Crippen molar-refractivity contribution in [3.63, 3.8) is 0 Å². The van der Waals surface area contributed by atoms with Gasteiger partial charge in [0.15, 0.2) is 5.69 Å². The molecule has 1 fully saturated rings. The van der Waals surface area contributed by atoms with E-state index in [1.165, 1.54) is 12.8 Å². The number of carbonyl (C=O) groups excluding carboxylic acids is 1. The third-order valence-electron chi connectivity index (χ3n) is 4.33. The Morgan fingerprint density at radius 3 is 3.09 bits per heavy atom. The van der Waals surface area contributed by atoms with Crippen LogP contribution in [0.1, 0.15) is 34.6 Å². The minimum atomic E-state index is -0.200. The van der Waals surface area contributed by atoms with Gasteiger partial charge in [0, 0.05) is 30.8 Å². The standard InChI is InChI=1S/C17H20N4O2/c22-17(16-12-9-18-8-7-13(12)20-21-16)19-14-3-1-2-4-15(14)23-10-11-5-6-11/h1-4,11,18H,5-10H2,(H,19,22)(H,20,21). The van der Waals surface area contributed by atoms with Gasteiger partial charge >= 0.3 is 0 Å². The fourth-order valence-corrected chi connectivity index (χ4v) is 2.78. The number of nitrogens with zero attached hydrogens (tertiary/aromatic N) is 1. The molecule has 0 unspecified atom stereocenters. The molecule has 1 aliphatic heterocycles. The lowest BCUT2D eigenvalue weighted by atomic mass is 10.1. The molecule has 0 bridgehead atoms. The Morgan fingerprint density at radius 2 is 2.22 bits per heavy atom. The number of hydrogen-bond donors (Lipinski definition) is 3. The lowest BCUT2D eigenvalue weighted by Crippen LogP contribution is -2.25. The average molecular weight is 312 g/mol. The van der Waals surface area contributed by atoms with E-state index in [4.69, 9.17) is 4.74 Å². The van der Waals surface area contributed by atoms with E-state index in [0.717, 1.165) is 30.0 Å². The number of anilines is 1. The molecule has 23 heavy (non-hydrogen) atoms. The summed E-state index contributed by atoms with van der Waals surface area (Å²) in [7, 11) is 0. The summed E-state index contributed by atoms with van der Waals surface area (Å²) in [5.74, 6) is 1.19. The van der Waals surface area contributed by atoms with Crippen LogP contribution in [-0.4, -0.2) is 29.3 Å². The quantitative estimate of drug-likeness (QED) is 0.790. The van der Waals surface area contributed by atoms with Gasteiger partial charge in [-0.05, 0) is 30.9 Å². The molecule has 6 heteroatoms. The summed E-state index contributed by atoms with van der Waals surface area (Å²) in [5, 5.41) is 13.4. The molecule has 0 atom stereocenters. The highest BCUT2D eigenvalue weighted by Gasteiger charge is 2.24. The number of nitrogens with one attached hydrogen (secondary N) is 3. The number of H-pyrrole nitrogens is 1. The first-order valence-electron chi connectivity index (χ1n) is 8.11. The highest BCUT2D eigenvalue weighted by atomic mass is 16.5. The van der Waals surface area contributed by atoms with Crippen LogP contribution in [0.5, 0.6) is 5.75 Å². The van der Waals surface area contributed by atoms with Gasteiger partial charge in [-0.3, -0.25) is 9.89 Å². The van der Waals surface area contributed by atoms with E-state index in [1.54, 1.807) is 0 Å². The first-order chi connectivity index (χ1) is 11.3. The van der Waals surface area contributed by atoms with E-state index in [9.17, 15) is 4.79 Å². The third kappa shape index (κ3) is 3.07. The molecule has 6 nitrogen and oxygen atoms in total. The van der Waals surface area contributed by atoms with Crippen molar-refractivity contribution in [3.8, 4) is 5.75 Å². The lowest BCUT2D eigenvalue weighted by molar-refractivity contribution is 0.102. The zero-order valence-corrected chi connectivity index (χ0v) is 12.9. The Labute approximate surface area is 134 Å². The number of amides is 1. The molecule has 2 heterocycles. The van der Waals surface area contributed by atoms with Gasteiger partial charge in [0.2, 0.25) is 0 Å². The van der Waals surface area contributed by atoms with Crippen LogP contribution in [0.15, 0.2) is 24.3 Å². The zero-order chi connectivity index (χ0) is 15.6. The Balaban J connectivity index is 1.51. The zero-order valence-electron chi connectivity index (χ0n) is 12.9. The van der Waals surface area contributed by atoms with Gasteiger partial charge in [-0.25, -0.2) is 0 Å². The molecule has 0 saturated heterocycles. The maximum Gasteiger partial charge on any atom is 0.276 e. The van der Waals surface area contributed by atoms with Gasteiger partial charge in [0.25, 0.3) is 5.91 Å². The Morgan fingerprint density at radius 1 is 1.35 bits per heavy atom. The predicted octanol–water partition coefficient (Wildman–Crippen LogP) is 2.10. The number of para-hydroxylation sites is 2. The van der Waals surface area contributed by atoms with Gasteiger partial charge in [0.05, 0.1) is 12.3 Å². The molecule has 1 aromatic carbocycles. The summed E-state index contributed by atoms with van der Waals surface area (Å²) in [6.45, 7) is 2.30. The van der Waals surface area contributed by atoms with Crippen LogP contribution in [0.3, 0.4) is 0 Å². The molecule has 1 aromatic heterocycles. The lowest BCUT2D eigenvalue weighted by Gasteiger charge is -2.14. The number of rotatable bonds is 5. The molecule has 2 aromatic rings. The van der Waals surface area contributed by atoms with Crippen molar-refractivity contribution in [2.45, 2.75) is 25.8 Å². The molecular weight excluding hydrogens is 292 g/mol. The number of ether oxygens (including phenoxy) is 1. The summed E-state index contributed by atoms with van der Waals surface area (Å²) >= 11 is 0. The van der Waals surface area contributed by atoms with Crippen molar-refractivity contribution in [1.29, 1.82) is 0 Å². The molecule has 3 N–H and O–H groups in total. The minimum absolute atomic E-state index is 0.200. The second kappa shape index (κ2) is 6.04. The minimum Gasteiger partial charge on any atom is -0.491 e. The SMILES string of the molecule is O=C(Nc1ccccc1OCC1CC1)c1n[nH]c2c1CNCC2. The summed E-state index contributed by atoms with van der Waals surface area (Å²) in [6.07, 6.45) is 3.35. The Hall–Kier alpha value is -2.34. The second-order valence-corrected chi connectivity index (χ2v) is 6.16. The predicted molar refractivity (Wildman–Crippen MR) is 86.6 cm³/mol. The monoisotopic (exact) mass is 312 g/mol. The normalized spacial score (nSPS) is 16.7. The molecule has 0 radical (unpaired) electrons. The molecule has 1 aliphatic carbocycles. The largest absolute Gasteiger partial charge is 0.491 e. The van der Waals surface area contributed by atoms with Crippen molar-refractivity contribution < 1.29 is 9.53 Å². The van der Waals surface area contributed by atoms with E-state index < -0.39 is 0 Å². The second-order valence-electron chi connectivity index (χ2n) is 6.16. The van der Waals surface area contributed by atoms with Gasteiger partial charge in [-0.1, -0.05) is 12.1 Å². The first kappa shape index (κ1) is 14.3. The molecule has 2 aliphatic rings. The molecule has 0 spiro atoms. The number of aromatic nitrogens is 2. The van der Waals surface area contributed by atoms with E-state index >= 15 is 0 Å². The number of carbonyl (C=O) groups is 1. The molecular formula is C17H20N4O2. The summed E-state index contributed by atoms with van der Waals surface area (Å²) < 4.78 is 5.84. The van der Waals surface area contributed by atoms with Crippen molar-refractivity contribution in [2.75, 3.05) is 18.5 Å². The van der Waals surface area contributed by atoms with Gasteiger partial charge in [-0.15, -0.1) is 0 Å². The van der Waals surface area contributed by atoms with Crippen molar-refractivity contribution in [2.24, 2.45) is 5.92 Å². The number of benzene rings is 1. The first-order valence-corrected chi connectivity index (χ1v) is 8.11. The maximum atomic E-state index is 12.6. The van der Waals surface area contributed by atoms with E-state index in [2.05, 4.69) is 20.8 Å². The fraction of sp³-hybridized carbons (Fsp3) is 0.412. The van der Waals surface area contributed by atoms with E-state index in [-0.39, 0.29) is 5.91 Å². The summed E-state index contributed by atoms with van der Waals surface area (Å²) in [6, 6.07) is 7.55. The Bertz CT molecular complexity index is 721. The Kier molecular flexibility index (Phi) is 3.75. The summed E-state index contributed by atoms with van der Waals surface area (Å²) in [4.78, 5) is 12.6. The van der Waals surface area contributed by atoms with Crippen molar-refractivity contribution >= 4 is 11.6 Å². The third-order valence-corrected chi connectivity index (χ3v) is 4.33. The summed E-state index contributed by atoms with van der Waals surface area (Å²) in [5.41, 5.74) is 3.17.